The zero-order chi connectivity index (χ0) is 6.43. The summed E-state index contributed by atoms with van der Waals surface area (Å²) in [5.74, 6) is 1.42. The van der Waals surface area contributed by atoms with Crippen LogP contribution in [0.25, 0.3) is 0 Å². The molecule has 0 saturated heterocycles. The van der Waals surface area contributed by atoms with Gasteiger partial charge in [0.1, 0.15) is 0 Å². The maximum atomic E-state index is 9.03. The van der Waals surface area contributed by atoms with Gasteiger partial charge in [-0.25, -0.2) is 0 Å². The third-order valence-electron chi connectivity index (χ3n) is 2.57. The second kappa shape index (κ2) is 1.48. The van der Waals surface area contributed by atoms with E-state index in [1.54, 1.807) is 0 Å². The maximum absolute atomic E-state index is 9.03. The zero-order valence-corrected chi connectivity index (χ0v) is 5.12. The lowest BCUT2D eigenvalue weighted by Crippen LogP contribution is -2.03. The van der Waals surface area contributed by atoms with Crippen molar-refractivity contribution in [3.8, 4) is 6.07 Å². The number of hydrogen-bond donors (Lipinski definition) is 1. The summed E-state index contributed by atoms with van der Waals surface area (Å²) in [5, 5.41) is 17.5. The highest BCUT2D eigenvalue weighted by molar-refractivity contribution is 5.13. The Morgan fingerprint density at radius 2 is 1.89 bits per heavy atom. The van der Waals surface area contributed by atoms with Gasteiger partial charge in [0.05, 0.1) is 18.1 Å². The van der Waals surface area contributed by atoms with Crippen LogP contribution in [0, 0.1) is 29.1 Å². The van der Waals surface area contributed by atoms with E-state index < -0.39 is 0 Å². The van der Waals surface area contributed by atoms with E-state index in [9.17, 15) is 0 Å². The highest BCUT2D eigenvalue weighted by Crippen LogP contribution is 2.56. The molecule has 0 radical (unpaired) electrons. The molecule has 2 nitrogen and oxygen atoms in total. The predicted molar refractivity (Wildman–Crippen MR) is 31.3 cm³/mol. The lowest BCUT2D eigenvalue weighted by molar-refractivity contribution is 0.164. The number of aliphatic hydroxyl groups is 1. The van der Waals surface area contributed by atoms with Crippen LogP contribution in [-0.2, 0) is 0 Å². The lowest BCUT2D eigenvalue weighted by atomic mass is 10.1. The van der Waals surface area contributed by atoms with Crippen molar-refractivity contribution in [3.05, 3.63) is 0 Å². The molecule has 2 aliphatic rings. The molecule has 0 aromatic carbocycles. The molecule has 2 fully saturated rings. The van der Waals surface area contributed by atoms with Gasteiger partial charge in [-0.3, -0.25) is 0 Å². The van der Waals surface area contributed by atoms with E-state index in [0.29, 0.717) is 17.8 Å². The molecule has 2 rings (SSSR count). The van der Waals surface area contributed by atoms with Gasteiger partial charge in [0, 0.05) is 0 Å². The molecule has 0 spiro atoms. The third-order valence-corrected chi connectivity index (χ3v) is 2.57. The van der Waals surface area contributed by atoms with E-state index >= 15 is 0 Å². The Balaban J connectivity index is 2.00. The van der Waals surface area contributed by atoms with Crippen LogP contribution in [0.5, 0.6) is 0 Å². The minimum absolute atomic E-state index is 0.0930. The van der Waals surface area contributed by atoms with Crippen molar-refractivity contribution >= 4 is 0 Å². The van der Waals surface area contributed by atoms with Crippen molar-refractivity contribution in [2.24, 2.45) is 17.8 Å². The molecule has 9 heavy (non-hydrogen) atoms. The van der Waals surface area contributed by atoms with E-state index in [2.05, 4.69) is 6.07 Å². The van der Waals surface area contributed by atoms with Gasteiger partial charge >= 0.3 is 0 Å². The van der Waals surface area contributed by atoms with E-state index in [1.807, 2.05) is 0 Å². The van der Waals surface area contributed by atoms with E-state index in [-0.39, 0.29) is 6.10 Å². The summed E-state index contributed by atoms with van der Waals surface area (Å²) >= 11 is 0. The number of rotatable bonds is 0. The summed E-state index contributed by atoms with van der Waals surface area (Å²) < 4.78 is 0. The molecule has 2 saturated carbocycles. The maximum Gasteiger partial charge on any atom is 0.0661 e. The van der Waals surface area contributed by atoms with Gasteiger partial charge < -0.3 is 5.11 Å². The van der Waals surface area contributed by atoms with Crippen LogP contribution in [0.15, 0.2) is 0 Å². The van der Waals surface area contributed by atoms with Crippen molar-refractivity contribution < 1.29 is 5.11 Å². The Morgan fingerprint density at radius 3 is 2.33 bits per heavy atom. The van der Waals surface area contributed by atoms with Crippen LogP contribution in [0.2, 0.25) is 0 Å². The molecule has 2 aliphatic carbocycles. The predicted octanol–water partition coefficient (Wildman–Crippen LogP) is 0.527. The molecule has 1 unspecified atom stereocenters. The number of nitriles is 1. The molecule has 1 N–H and O–H groups in total. The minimum atomic E-state index is -0.0930. The summed E-state index contributed by atoms with van der Waals surface area (Å²) in [4.78, 5) is 0. The minimum Gasteiger partial charge on any atom is -0.393 e. The van der Waals surface area contributed by atoms with Gasteiger partial charge in [-0.15, -0.1) is 0 Å². The summed E-state index contributed by atoms with van der Waals surface area (Å²) in [6, 6.07) is 2.25. The van der Waals surface area contributed by atoms with Crippen molar-refractivity contribution in [1.29, 1.82) is 5.26 Å². The summed E-state index contributed by atoms with van der Waals surface area (Å²) in [5.41, 5.74) is 0. The molecular weight excluding hydrogens is 114 g/mol. The summed E-state index contributed by atoms with van der Waals surface area (Å²) in [6.07, 6.45) is 1.66. The van der Waals surface area contributed by atoms with Gasteiger partial charge in [0.2, 0.25) is 0 Å². The molecule has 48 valence electrons. The summed E-state index contributed by atoms with van der Waals surface area (Å²) in [6.45, 7) is 0. The lowest BCUT2D eigenvalue weighted by Gasteiger charge is -2.01. The number of hydrogen-bond acceptors (Lipinski definition) is 2. The standard InChI is InChI=1S/C7H9NO/c8-3-7-5-1-4(9)2-6(5)7/h4-7,9H,1-2H2/t4?,5-,6+,7-. The van der Waals surface area contributed by atoms with E-state index in [1.165, 1.54) is 0 Å². The Morgan fingerprint density at radius 1 is 1.33 bits per heavy atom. The van der Waals surface area contributed by atoms with Crippen molar-refractivity contribution in [2.75, 3.05) is 0 Å². The Labute approximate surface area is 54.1 Å². The molecule has 0 aliphatic heterocycles. The van der Waals surface area contributed by atoms with Crippen LogP contribution < -0.4 is 0 Å². The first-order valence-corrected chi connectivity index (χ1v) is 3.40. The molecule has 0 bridgehead atoms. The first-order valence-electron chi connectivity index (χ1n) is 3.40. The fourth-order valence-corrected chi connectivity index (χ4v) is 2.00. The number of nitrogens with zero attached hydrogens (tertiary/aromatic N) is 1. The number of fused-ring (bicyclic) bond motifs is 1. The van der Waals surface area contributed by atoms with Crippen LogP contribution in [0.1, 0.15) is 12.8 Å². The highest BCUT2D eigenvalue weighted by atomic mass is 16.3. The van der Waals surface area contributed by atoms with Crippen LogP contribution >= 0.6 is 0 Å². The molecule has 0 amide bonds. The van der Waals surface area contributed by atoms with E-state index in [0.717, 1.165) is 12.8 Å². The van der Waals surface area contributed by atoms with Gasteiger partial charge in [-0.2, -0.15) is 5.26 Å². The third kappa shape index (κ3) is 0.585. The molecule has 0 aromatic rings. The highest BCUT2D eigenvalue weighted by Gasteiger charge is 2.56. The van der Waals surface area contributed by atoms with Crippen LogP contribution in [0.4, 0.5) is 0 Å². The average molecular weight is 123 g/mol. The molecular formula is C7H9NO. The Bertz CT molecular complexity index is 160. The Hall–Kier alpha value is -0.550. The summed E-state index contributed by atoms with van der Waals surface area (Å²) in [7, 11) is 0. The normalized spacial score (nSPS) is 54.2. The van der Waals surface area contributed by atoms with Gasteiger partial charge in [-0.05, 0) is 24.7 Å². The largest absolute Gasteiger partial charge is 0.393 e. The van der Waals surface area contributed by atoms with Gasteiger partial charge in [-0.1, -0.05) is 0 Å². The SMILES string of the molecule is N#C[C@H]1[C@H]2CC(O)C[C@@H]12. The fraction of sp³-hybridized carbons (Fsp3) is 0.857. The second-order valence-corrected chi connectivity index (χ2v) is 3.11. The first kappa shape index (κ1) is 5.25. The topological polar surface area (TPSA) is 44.0 Å². The second-order valence-electron chi connectivity index (χ2n) is 3.11. The van der Waals surface area contributed by atoms with Crippen molar-refractivity contribution in [1.82, 2.24) is 0 Å². The van der Waals surface area contributed by atoms with Crippen molar-refractivity contribution in [3.63, 3.8) is 0 Å². The molecule has 4 atom stereocenters. The Kier molecular flexibility index (Phi) is 0.866. The monoisotopic (exact) mass is 123 g/mol. The smallest absolute Gasteiger partial charge is 0.0661 e. The van der Waals surface area contributed by atoms with Crippen molar-refractivity contribution in [2.45, 2.75) is 18.9 Å². The van der Waals surface area contributed by atoms with E-state index in [4.69, 9.17) is 10.4 Å². The van der Waals surface area contributed by atoms with Gasteiger partial charge in [0.25, 0.3) is 0 Å². The molecule has 0 aromatic heterocycles. The number of aliphatic hydroxyl groups excluding tert-OH is 1. The zero-order valence-electron chi connectivity index (χ0n) is 5.12. The first-order chi connectivity index (χ1) is 4.33. The molecule has 2 heteroatoms. The fourth-order valence-electron chi connectivity index (χ4n) is 2.00. The molecule has 0 heterocycles. The average Bonchev–Trinajstić information content (AvgIpc) is 2.30. The van der Waals surface area contributed by atoms with Gasteiger partial charge in [0.15, 0.2) is 0 Å². The quantitative estimate of drug-likeness (QED) is 0.510. The van der Waals surface area contributed by atoms with Crippen LogP contribution in [0.3, 0.4) is 0 Å². The van der Waals surface area contributed by atoms with Crippen LogP contribution in [-0.4, -0.2) is 11.2 Å².